The van der Waals surface area contributed by atoms with Gasteiger partial charge in [0.1, 0.15) is 5.84 Å². The minimum atomic E-state index is -0.545. The fraction of sp³-hybridized carbons (Fsp3) is 0.360. The summed E-state index contributed by atoms with van der Waals surface area (Å²) in [5.41, 5.74) is 14.0. The Hall–Kier alpha value is -3.48. The average Bonchev–Trinajstić information content (AvgIpc) is 3.28. The highest BCUT2D eigenvalue weighted by atomic mass is 16.2. The zero-order valence-corrected chi connectivity index (χ0v) is 18.3. The molecule has 7 heteroatoms. The number of hydrogen-bond donors (Lipinski definition) is 4. The van der Waals surface area contributed by atoms with Crippen LogP contribution in [0.3, 0.4) is 0 Å². The molecule has 0 saturated heterocycles. The van der Waals surface area contributed by atoms with Crippen molar-refractivity contribution in [3.8, 4) is 0 Å². The number of carbonyl (C=O) groups is 3. The van der Waals surface area contributed by atoms with E-state index in [1.165, 1.54) is 0 Å². The molecular formula is C25H30N4O3. The van der Waals surface area contributed by atoms with E-state index in [-0.39, 0.29) is 29.4 Å². The molecular weight excluding hydrogens is 404 g/mol. The van der Waals surface area contributed by atoms with Crippen molar-refractivity contribution in [2.24, 2.45) is 17.4 Å². The molecule has 2 amide bonds. The van der Waals surface area contributed by atoms with Crippen LogP contribution in [0, 0.1) is 11.3 Å². The standard InChI is InChI=1S/C25H30N4O3/c1-15(22(30)12-7-16-5-8-17(9-6-16)23(26)27)29-25(32)21-11-10-19(14-21)18-3-2-4-20(13-18)24(28)31/h2-6,8-9,13,15,19,21H,7,10-12,14H2,1H3,(H3,26,27)(H2,28,31)(H,29,32)/t15-,19-,21+/m0/s1. The van der Waals surface area contributed by atoms with E-state index in [0.29, 0.717) is 30.4 Å². The molecule has 1 fully saturated rings. The van der Waals surface area contributed by atoms with Crippen molar-refractivity contribution in [3.63, 3.8) is 0 Å². The molecule has 7 nitrogen and oxygen atoms in total. The molecule has 0 spiro atoms. The van der Waals surface area contributed by atoms with E-state index in [0.717, 1.165) is 24.0 Å². The smallest absolute Gasteiger partial charge is 0.248 e. The molecule has 0 unspecified atom stereocenters. The summed E-state index contributed by atoms with van der Waals surface area (Å²) >= 11 is 0. The summed E-state index contributed by atoms with van der Waals surface area (Å²) in [7, 11) is 0. The number of rotatable bonds is 9. The molecule has 2 aromatic rings. The Kier molecular flexibility index (Phi) is 7.41. The normalized spacial score (nSPS) is 18.7. The van der Waals surface area contributed by atoms with Crippen LogP contribution in [0.5, 0.6) is 0 Å². The van der Waals surface area contributed by atoms with Gasteiger partial charge in [-0.1, -0.05) is 36.4 Å². The van der Waals surface area contributed by atoms with E-state index in [9.17, 15) is 14.4 Å². The Balaban J connectivity index is 1.48. The van der Waals surface area contributed by atoms with Gasteiger partial charge in [-0.15, -0.1) is 0 Å². The van der Waals surface area contributed by atoms with Crippen molar-refractivity contribution in [3.05, 3.63) is 70.8 Å². The van der Waals surface area contributed by atoms with Gasteiger partial charge in [-0.25, -0.2) is 0 Å². The number of benzene rings is 2. The van der Waals surface area contributed by atoms with Crippen molar-refractivity contribution in [1.82, 2.24) is 5.32 Å². The van der Waals surface area contributed by atoms with E-state index >= 15 is 0 Å². The number of ketones is 1. The molecule has 168 valence electrons. The Bertz CT molecular complexity index is 1020. The minimum absolute atomic E-state index is 0.0127. The van der Waals surface area contributed by atoms with Crippen molar-refractivity contribution in [2.45, 2.75) is 51.0 Å². The molecule has 0 heterocycles. The lowest BCUT2D eigenvalue weighted by Crippen LogP contribution is -2.41. The number of nitrogen functional groups attached to an aromatic ring is 1. The molecule has 1 aliphatic rings. The molecule has 0 aliphatic heterocycles. The van der Waals surface area contributed by atoms with Crippen molar-refractivity contribution >= 4 is 23.4 Å². The van der Waals surface area contributed by atoms with Crippen LogP contribution in [0.2, 0.25) is 0 Å². The summed E-state index contributed by atoms with van der Waals surface area (Å²) < 4.78 is 0. The number of amidine groups is 1. The van der Waals surface area contributed by atoms with Gasteiger partial charge >= 0.3 is 0 Å². The molecule has 3 atom stereocenters. The van der Waals surface area contributed by atoms with Gasteiger partial charge in [-0.3, -0.25) is 19.8 Å². The van der Waals surface area contributed by atoms with Crippen molar-refractivity contribution < 1.29 is 14.4 Å². The fourth-order valence-corrected chi connectivity index (χ4v) is 4.22. The van der Waals surface area contributed by atoms with Crippen LogP contribution >= 0.6 is 0 Å². The fourth-order valence-electron chi connectivity index (χ4n) is 4.22. The zero-order valence-electron chi connectivity index (χ0n) is 18.3. The highest BCUT2D eigenvalue weighted by Crippen LogP contribution is 2.38. The largest absolute Gasteiger partial charge is 0.384 e. The Labute approximate surface area is 188 Å². The summed E-state index contributed by atoms with van der Waals surface area (Å²) in [5, 5.41) is 10.3. The molecule has 0 radical (unpaired) electrons. The number of amides is 2. The van der Waals surface area contributed by atoms with Gasteiger partial charge in [0.25, 0.3) is 0 Å². The Morgan fingerprint density at radius 1 is 1.06 bits per heavy atom. The van der Waals surface area contributed by atoms with E-state index in [1.54, 1.807) is 25.1 Å². The zero-order chi connectivity index (χ0) is 23.3. The first kappa shape index (κ1) is 23.2. The number of nitrogens with two attached hydrogens (primary N) is 2. The summed E-state index contributed by atoms with van der Waals surface area (Å²) in [6, 6.07) is 14.0. The molecule has 0 bridgehead atoms. The second-order valence-electron chi connectivity index (χ2n) is 8.50. The van der Waals surface area contributed by atoms with Gasteiger partial charge in [0, 0.05) is 23.5 Å². The predicted octanol–water partition coefficient (Wildman–Crippen LogP) is 2.66. The van der Waals surface area contributed by atoms with Crippen molar-refractivity contribution in [2.75, 3.05) is 0 Å². The third-order valence-corrected chi connectivity index (χ3v) is 6.21. The van der Waals surface area contributed by atoms with Crippen molar-refractivity contribution in [1.29, 1.82) is 5.41 Å². The van der Waals surface area contributed by atoms with E-state index in [1.807, 2.05) is 30.3 Å². The Morgan fingerprint density at radius 2 is 1.78 bits per heavy atom. The van der Waals surface area contributed by atoms with Crippen LogP contribution in [0.1, 0.15) is 65.6 Å². The van der Waals surface area contributed by atoms with Crippen LogP contribution in [-0.2, 0) is 16.0 Å². The topological polar surface area (TPSA) is 139 Å². The second kappa shape index (κ2) is 10.2. The summed E-state index contributed by atoms with van der Waals surface area (Å²) in [4.78, 5) is 36.7. The van der Waals surface area contributed by atoms with Crippen LogP contribution in [0.25, 0.3) is 0 Å². The number of Topliss-reactive ketones (excluding diaryl/α,β-unsaturated/α-hetero) is 1. The molecule has 32 heavy (non-hydrogen) atoms. The van der Waals surface area contributed by atoms with Gasteiger partial charge in [-0.05, 0) is 61.8 Å². The van der Waals surface area contributed by atoms with Gasteiger partial charge in [0.2, 0.25) is 11.8 Å². The molecule has 6 N–H and O–H groups in total. The summed E-state index contributed by atoms with van der Waals surface area (Å²) in [6.07, 6.45) is 3.20. The number of nitrogens with one attached hydrogen (secondary N) is 2. The average molecular weight is 435 g/mol. The van der Waals surface area contributed by atoms with E-state index in [2.05, 4.69) is 5.32 Å². The minimum Gasteiger partial charge on any atom is -0.384 e. The highest BCUT2D eigenvalue weighted by Gasteiger charge is 2.32. The number of aryl methyl sites for hydroxylation is 1. The van der Waals surface area contributed by atoms with Crippen LogP contribution in [0.15, 0.2) is 48.5 Å². The van der Waals surface area contributed by atoms with E-state index < -0.39 is 11.9 Å². The predicted molar refractivity (Wildman–Crippen MR) is 123 cm³/mol. The number of carbonyl (C=O) groups excluding carboxylic acids is 3. The van der Waals surface area contributed by atoms with Gasteiger partial charge in [0.05, 0.1) is 6.04 Å². The number of hydrogen-bond acceptors (Lipinski definition) is 4. The third-order valence-electron chi connectivity index (χ3n) is 6.21. The summed E-state index contributed by atoms with van der Waals surface area (Å²) in [6.45, 7) is 1.72. The first-order valence-corrected chi connectivity index (χ1v) is 10.9. The lowest BCUT2D eigenvalue weighted by Gasteiger charge is -2.17. The quantitative estimate of drug-likeness (QED) is 0.356. The first-order valence-electron chi connectivity index (χ1n) is 10.9. The van der Waals surface area contributed by atoms with Gasteiger partial charge in [-0.2, -0.15) is 0 Å². The third kappa shape index (κ3) is 5.81. The second-order valence-corrected chi connectivity index (χ2v) is 8.50. The maximum Gasteiger partial charge on any atom is 0.248 e. The highest BCUT2D eigenvalue weighted by molar-refractivity contribution is 5.95. The van der Waals surface area contributed by atoms with E-state index in [4.69, 9.17) is 16.9 Å². The van der Waals surface area contributed by atoms with Gasteiger partial charge < -0.3 is 16.8 Å². The molecule has 1 aliphatic carbocycles. The first-order chi connectivity index (χ1) is 15.2. The maximum absolute atomic E-state index is 12.7. The van der Waals surface area contributed by atoms with Crippen LogP contribution in [-0.4, -0.2) is 29.5 Å². The molecule has 1 saturated carbocycles. The number of primary amides is 1. The molecule has 0 aromatic heterocycles. The Morgan fingerprint density at radius 3 is 2.44 bits per heavy atom. The molecule has 3 rings (SSSR count). The van der Waals surface area contributed by atoms with Crippen LogP contribution in [0.4, 0.5) is 0 Å². The SMILES string of the molecule is C[C@H](NC(=O)[C@@H]1CC[C@H](c2cccc(C(N)=O)c2)C1)C(=O)CCc1ccc(C(=N)N)cc1. The molecule has 2 aromatic carbocycles. The lowest BCUT2D eigenvalue weighted by atomic mass is 9.94. The maximum atomic E-state index is 12.7. The monoisotopic (exact) mass is 434 g/mol. The summed E-state index contributed by atoms with van der Waals surface area (Å²) in [5.74, 6) is -0.497. The lowest BCUT2D eigenvalue weighted by molar-refractivity contribution is -0.129. The van der Waals surface area contributed by atoms with Gasteiger partial charge in [0.15, 0.2) is 5.78 Å². The van der Waals surface area contributed by atoms with Crippen LogP contribution < -0.4 is 16.8 Å².